The summed E-state index contributed by atoms with van der Waals surface area (Å²) in [6.07, 6.45) is 0. The molecule has 5 nitrogen and oxygen atoms in total. The standard InChI is InChI=1S/C15H22N2O3/c1-4-20-14(18)10-17-15(19)16-9-12-5-7-13(8-6-12)11(2)3/h5-8,11H,4,9-10H2,1-3H3,(H2,16,17,19). The van der Waals surface area contributed by atoms with Crippen LogP contribution in [0.3, 0.4) is 0 Å². The molecule has 0 atom stereocenters. The largest absolute Gasteiger partial charge is 0.465 e. The van der Waals surface area contributed by atoms with Crippen LogP contribution in [0, 0.1) is 0 Å². The Labute approximate surface area is 119 Å². The van der Waals surface area contributed by atoms with Gasteiger partial charge in [0, 0.05) is 6.54 Å². The highest BCUT2D eigenvalue weighted by Crippen LogP contribution is 2.14. The van der Waals surface area contributed by atoms with E-state index in [0.29, 0.717) is 19.1 Å². The molecule has 0 radical (unpaired) electrons. The van der Waals surface area contributed by atoms with Gasteiger partial charge in [0.05, 0.1) is 6.61 Å². The summed E-state index contributed by atoms with van der Waals surface area (Å²) in [4.78, 5) is 22.5. The van der Waals surface area contributed by atoms with Crippen LogP contribution in [-0.4, -0.2) is 25.2 Å². The van der Waals surface area contributed by atoms with Gasteiger partial charge in [0.25, 0.3) is 0 Å². The Morgan fingerprint density at radius 3 is 2.35 bits per heavy atom. The summed E-state index contributed by atoms with van der Waals surface area (Å²) in [5.41, 5.74) is 2.28. The van der Waals surface area contributed by atoms with Crippen LogP contribution in [0.2, 0.25) is 0 Å². The van der Waals surface area contributed by atoms with Crippen molar-refractivity contribution in [1.82, 2.24) is 10.6 Å². The molecule has 0 saturated carbocycles. The van der Waals surface area contributed by atoms with E-state index < -0.39 is 5.97 Å². The average Bonchev–Trinajstić information content (AvgIpc) is 2.43. The van der Waals surface area contributed by atoms with Gasteiger partial charge in [0.1, 0.15) is 6.54 Å². The molecule has 0 spiro atoms. The number of carbonyl (C=O) groups excluding carboxylic acids is 2. The molecule has 0 aliphatic rings. The molecule has 1 aromatic carbocycles. The minimum absolute atomic E-state index is 0.119. The van der Waals surface area contributed by atoms with E-state index in [9.17, 15) is 9.59 Å². The Morgan fingerprint density at radius 1 is 1.15 bits per heavy atom. The summed E-state index contributed by atoms with van der Waals surface area (Å²) in [6.45, 7) is 6.61. The summed E-state index contributed by atoms with van der Waals surface area (Å²) < 4.78 is 4.71. The predicted octanol–water partition coefficient (Wildman–Crippen LogP) is 2.17. The lowest BCUT2D eigenvalue weighted by atomic mass is 10.0. The molecular formula is C15H22N2O3. The topological polar surface area (TPSA) is 67.4 Å². The second-order valence-corrected chi connectivity index (χ2v) is 4.74. The summed E-state index contributed by atoms with van der Waals surface area (Å²) >= 11 is 0. The molecule has 20 heavy (non-hydrogen) atoms. The molecular weight excluding hydrogens is 256 g/mol. The highest BCUT2D eigenvalue weighted by Gasteiger charge is 2.05. The van der Waals surface area contributed by atoms with Gasteiger partial charge in [0.15, 0.2) is 0 Å². The number of nitrogens with one attached hydrogen (secondary N) is 2. The first-order valence-corrected chi connectivity index (χ1v) is 6.79. The van der Waals surface area contributed by atoms with Crippen molar-refractivity contribution in [3.05, 3.63) is 35.4 Å². The van der Waals surface area contributed by atoms with Crippen molar-refractivity contribution in [3.63, 3.8) is 0 Å². The molecule has 0 heterocycles. The molecule has 0 aliphatic carbocycles. The highest BCUT2D eigenvalue weighted by molar-refractivity contribution is 5.80. The molecule has 2 N–H and O–H groups in total. The molecule has 2 amide bonds. The lowest BCUT2D eigenvalue weighted by Gasteiger charge is -2.09. The van der Waals surface area contributed by atoms with Gasteiger partial charge >= 0.3 is 12.0 Å². The van der Waals surface area contributed by atoms with Crippen molar-refractivity contribution in [2.24, 2.45) is 0 Å². The Morgan fingerprint density at radius 2 is 1.80 bits per heavy atom. The number of benzene rings is 1. The zero-order valence-corrected chi connectivity index (χ0v) is 12.2. The fraction of sp³-hybridized carbons (Fsp3) is 0.467. The first-order chi connectivity index (χ1) is 9.52. The van der Waals surface area contributed by atoms with Crippen LogP contribution >= 0.6 is 0 Å². The monoisotopic (exact) mass is 278 g/mol. The van der Waals surface area contributed by atoms with Crippen LogP contribution in [0.1, 0.15) is 37.8 Å². The zero-order valence-electron chi connectivity index (χ0n) is 12.2. The van der Waals surface area contributed by atoms with Crippen LogP contribution in [-0.2, 0) is 16.1 Å². The van der Waals surface area contributed by atoms with E-state index in [2.05, 4.69) is 36.6 Å². The predicted molar refractivity (Wildman–Crippen MR) is 77.4 cm³/mol. The number of hydrogen-bond donors (Lipinski definition) is 2. The molecule has 5 heteroatoms. The fourth-order valence-electron chi connectivity index (χ4n) is 1.63. The molecule has 0 saturated heterocycles. The lowest BCUT2D eigenvalue weighted by Crippen LogP contribution is -2.38. The van der Waals surface area contributed by atoms with E-state index in [1.54, 1.807) is 6.92 Å². The summed E-state index contributed by atoms with van der Waals surface area (Å²) in [7, 11) is 0. The molecule has 110 valence electrons. The SMILES string of the molecule is CCOC(=O)CNC(=O)NCc1ccc(C(C)C)cc1. The van der Waals surface area contributed by atoms with Crippen molar-refractivity contribution >= 4 is 12.0 Å². The zero-order chi connectivity index (χ0) is 15.0. The van der Waals surface area contributed by atoms with Crippen LogP contribution in [0.5, 0.6) is 0 Å². The van der Waals surface area contributed by atoms with Gasteiger partial charge in [-0.15, -0.1) is 0 Å². The second-order valence-electron chi connectivity index (χ2n) is 4.74. The molecule has 1 rings (SSSR count). The Kier molecular flexibility index (Phi) is 6.56. The van der Waals surface area contributed by atoms with Gasteiger partial charge in [-0.05, 0) is 24.0 Å². The van der Waals surface area contributed by atoms with Gasteiger partial charge in [-0.25, -0.2) is 4.79 Å². The number of rotatable bonds is 6. The Balaban J connectivity index is 2.32. The van der Waals surface area contributed by atoms with Crippen LogP contribution in [0.25, 0.3) is 0 Å². The summed E-state index contributed by atoms with van der Waals surface area (Å²) in [5, 5.41) is 5.13. The quantitative estimate of drug-likeness (QED) is 0.784. The maximum absolute atomic E-state index is 11.5. The fourth-order valence-corrected chi connectivity index (χ4v) is 1.63. The number of urea groups is 1. The molecule has 0 bridgehead atoms. The second kappa shape index (κ2) is 8.19. The highest BCUT2D eigenvalue weighted by atomic mass is 16.5. The molecule has 0 unspecified atom stereocenters. The first kappa shape index (κ1) is 16.0. The number of esters is 1. The van der Waals surface area contributed by atoms with Crippen molar-refractivity contribution < 1.29 is 14.3 Å². The minimum atomic E-state index is -0.441. The number of hydrogen-bond acceptors (Lipinski definition) is 3. The third kappa shape index (κ3) is 5.73. The van der Waals surface area contributed by atoms with E-state index in [-0.39, 0.29) is 12.6 Å². The maximum Gasteiger partial charge on any atom is 0.325 e. The number of carbonyl (C=O) groups is 2. The molecule has 1 aromatic rings. The Bertz CT molecular complexity index is 441. The van der Waals surface area contributed by atoms with Crippen LogP contribution < -0.4 is 10.6 Å². The van der Waals surface area contributed by atoms with Gasteiger partial charge in [0.2, 0.25) is 0 Å². The van der Waals surface area contributed by atoms with Crippen molar-refractivity contribution in [2.75, 3.05) is 13.2 Å². The van der Waals surface area contributed by atoms with Crippen molar-refractivity contribution in [3.8, 4) is 0 Å². The molecule has 0 fully saturated rings. The van der Waals surface area contributed by atoms with E-state index in [4.69, 9.17) is 4.74 Å². The summed E-state index contributed by atoms with van der Waals surface area (Å²) in [6, 6.07) is 7.70. The van der Waals surface area contributed by atoms with E-state index in [0.717, 1.165) is 5.56 Å². The number of ether oxygens (including phenoxy) is 1. The third-order valence-corrected chi connectivity index (χ3v) is 2.80. The van der Waals surface area contributed by atoms with Gasteiger partial charge in [-0.1, -0.05) is 38.1 Å². The van der Waals surface area contributed by atoms with Crippen molar-refractivity contribution in [1.29, 1.82) is 0 Å². The van der Waals surface area contributed by atoms with Gasteiger partial charge < -0.3 is 15.4 Å². The average molecular weight is 278 g/mol. The van der Waals surface area contributed by atoms with Crippen LogP contribution in [0.4, 0.5) is 4.79 Å². The summed E-state index contributed by atoms with van der Waals surface area (Å²) in [5.74, 6) is 0.0498. The van der Waals surface area contributed by atoms with E-state index in [1.807, 2.05) is 12.1 Å². The first-order valence-electron chi connectivity index (χ1n) is 6.79. The maximum atomic E-state index is 11.5. The lowest BCUT2D eigenvalue weighted by molar-refractivity contribution is -0.141. The number of amides is 2. The normalized spacial score (nSPS) is 10.2. The Hall–Kier alpha value is -2.04. The van der Waals surface area contributed by atoms with Crippen molar-refractivity contribution in [2.45, 2.75) is 33.2 Å². The minimum Gasteiger partial charge on any atom is -0.465 e. The molecule has 0 aromatic heterocycles. The molecule has 0 aliphatic heterocycles. The van der Waals surface area contributed by atoms with Gasteiger partial charge in [-0.2, -0.15) is 0 Å². The van der Waals surface area contributed by atoms with E-state index >= 15 is 0 Å². The van der Waals surface area contributed by atoms with Gasteiger partial charge in [-0.3, -0.25) is 4.79 Å². The third-order valence-electron chi connectivity index (χ3n) is 2.80. The van der Waals surface area contributed by atoms with E-state index in [1.165, 1.54) is 5.56 Å². The smallest absolute Gasteiger partial charge is 0.325 e. The van der Waals surface area contributed by atoms with Crippen LogP contribution in [0.15, 0.2) is 24.3 Å².